The van der Waals surface area contributed by atoms with Crippen molar-refractivity contribution in [3.63, 3.8) is 0 Å². The van der Waals surface area contributed by atoms with E-state index in [0.717, 1.165) is 17.0 Å². The van der Waals surface area contributed by atoms with E-state index in [1.165, 1.54) is 11.3 Å². The summed E-state index contributed by atoms with van der Waals surface area (Å²) in [6.07, 6.45) is 1.73. The molecule has 0 saturated carbocycles. The minimum atomic E-state index is 0.161. The maximum Gasteiger partial charge on any atom is 0.184 e. The second-order valence-corrected chi connectivity index (χ2v) is 5.12. The molecule has 0 aliphatic carbocycles. The van der Waals surface area contributed by atoms with Gasteiger partial charge in [0.1, 0.15) is 0 Å². The summed E-state index contributed by atoms with van der Waals surface area (Å²) in [5.41, 5.74) is 13.7. The summed E-state index contributed by atoms with van der Waals surface area (Å²) in [7, 11) is 0. The van der Waals surface area contributed by atoms with Gasteiger partial charge in [0.15, 0.2) is 5.11 Å². The Bertz CT molecular complexity index is 671. The average molecular weight is 286 g/mol. The van der Waals surface area contributed by atoms with Gasteiger partial charge in [-0.1, -0.05) is 18.2 Å². The van der Waals surface area contributed by atoms with Crippen LogP contribution in [0.2, 0.25) is 0 Å². The molecule has 4 nitrogen and oxygen atoms in total. The maximum absolute atomic E-state index is 5.34. The number of thiocarbonyl (C=S) groups is 1. The molecule has 0 bridgehead atoms. The van der Waals surface area contributed by atoms with Gasteiger partial charge in [0, 0.05) is 22.6 Å². The lowest BCUT2D eigenvalue weighted by Gasteiger charge is -2.12. The normalized spacial score (nSPS) is 10.9. The van der Waals surface area contributed by atoms with Crippen LogP contribution in [0, 0.1) is 20.8 Å². The number of nitrogens with two attached hydrogens (primary N) is 1. The molecular weight excluding hydrogens is 268 g/mol. The largest absolute Gasteiger partial charge is 0.375 e. The molecule has 0 amide bonds. The van der Waals surface area contributed by atoms with Crippen molar-refractivity contribution in [2.24, 2.45) is 10.8 Å². The highest BCUT2D eigenvalue weighted by Gasteiger charge is 2.10. The Morgan fingerprint density at radius 2 is 2.00 bits per heavy atom. The van der Waals surface area contributed by atoms with Crippen molar-refractivity contribution in [3.8, 4) is 5.69 Å². The third kappa shape index (κ3) is 2.88. The standard InChI is InChI=1S/C15H18N4S/c1-10-6-4-5-7-14(10)19-11(2)8-13(12(19)3)9-17-18-15(16)20/h4-9H,1-3H3,(H3,16,18,20). The second-order valence-electron chi connectivity index (χ2n) is 4.68. The van der Waals surface area contributed by atoms with Gasteiger partial charge in [-0.3, -0.25) is 5.43 Å². The fraction of sp³-hybridized carbons (Fsp3) is 0.200. The summed E-state index contributed by atoms with van der Waals surface area (Å²) < 4.78 is 2.22. The third-order valence-corrected chi connectivity index (χ3v) is 3.30. The smallest absolute Gasteiger partial charge is 0.184 e. The summed E-state index contributed by atoms with van der Waals surface area (Å²) in [5.74, 6) is 0. The minimum Gasteiger partial charge on any atom is -0.375 e. The average Bonchev–Trinajstić information content (AvgIpc) is 2.65. The highest BCUT2D eigenvalue weighted by atomic mass is 32.1. The number of aromatic nitrogens is 1. The van der Waals surface area contributed by atoms with E-state index < -0.39 is 0 Å². The summed E-state index contributed by atoms with van der Waals surface area (Å²) >= 11 is 4.72. The molecule has 5 heteroatoms. The number of nitrogens with zero attached hydrogens (tertiary/aromatic N) is 2. The van der Waals surface area contributed by atoms with Gasteiger partial charge in [-0.15, -0.1) is 0 Å². The molecule has 104 valence electrons. The molecule has 3 N–H and O–H groups in total. The molecule has 0 radical (unpaired) electrons. The van der Waals surface area contributed by atoms with Gasteiger partial charge in [0.05, 0.1) is 6.21 Å². The lowest BCUT2D eigenvalue weighted by atomic mass is 10.2. The van der Waals surface area contributed by atoms with E-state index in [9.17, 15) is 0 Å². The molecule has 2 rings (SSSR count). The van der Waals surface area contributed by atoms with Crippen LogP contribution in [0.5, 0.6) is 0 Å². The Morgan fingerprint density at radius 3 is 2.65 bits per heavy atom. The Balaban J connectivity index is 2.42. The van der Waals surface area contributed by atoms with Crippen LogP contribution >= 0.6 is 12.2 Å². The molecule has 0 unspecified atom stereocenters. The zero-order valence-corrected chi connectivity index (χ0v) is 12.7. The highest BCUT2D eigenvalue weighted by molar-refractivity contribution is 7.80. The number of hydrogen-bond donors (Lipinski definition) is 2. The zero-order valence-electron chi connectivity index (χ0n) is 11.8. The Kier molecular flexibility index (Phi) is 4.20. The van der Waals surface area contributed by atoms with E-state index in [0.29, 0.717) is 0 Å². The fourth-order valence-corrected chi connectivity index (χ4v) is 2.32. The number of hydrazone groups is 1. The van der Waals surface area contributed by atoms with E-state index in [1.54, 1.807) is 6.21 Å². The van der Waals surface area contributed by atoms with E-state index >= 15 is 0 Å². The zero-order chi connectivity index (χ0) is 14.7. The number of aryl methyl sites for hydroxylation is 2. The summed E-state index contributed by atoms with van der Waals surface area (Å²) in [4.78, 5) is 0. The Hall–Kier alpha value is -2.14. The number of benzene rings is 1. The van der Waals surface area contributed by atoms with Gasteiger partial charge < -0.3 is 10.3 Å². The minimum absolute atomic E-state index is 0.161. The molecule has 2 aromatic rings. The number of hydrogen-bond acceptors (Lipinski definition) is 2. The third-order valence-electron chi connectivity index (χ3n) is 3.21. The van der Waals surface area contributed by atoms with Gasteiger partial charge in [0.25, 0.3) is 0 Å². The van der Waals surface area contributed by atoms with Crippen LogP contribution in [0.15, 0.2) is 35.4 Å². The summed E-state index contributed by atoms with van der Waals surface area (Å²) in [5, 5.41) is 4.18. The SMILES string of the molecule is Cc1ccccc1-n1c(C)cc(C=NNC(N)=S)c1C. The van der Waals surface area contributed by atoms with E-state index in [-0.39, 0.29) is 5.11 Å². The predicted octanol–water partition coefficient (Wildman–Crippen LogP) is 2.57. The molecule has 0 fully saturated rings. The molecule has 0 aliphatic heterocycles. The van der Waals surface area contributed by atoms with Gasteiger partial charge in [-0.05, 0) is 50.7 Å². The summed E-state index contributed by atoms with van der Waals surface area (Å²) in [6, 6.07) is 10.4. The van der Waals surface area contributed by atoms with Crippen molar-refractivity contribution in [1.29, 1.82) is 0 Å². The van der Waals surface area contributed by atoms with Crippen molar-refractivity contribution < 1.29 is 0 Å². The van der Waals surface area contributed by atoms with Crippen molar-refractivity contribution in [1.82, 2.24) is 9.99 Å². The Morgan fingerprint density at radius 1 is 1.30 bits per heavy atom. The van der Waals surface area contributed by atoms with Gasteiger partial charge in [-0.2, -0.15) is 5.10 Å². The fourth-order valence-electron chi connectivity index (χ4n) is 2.27. The lowest BCUT2D eigenvalue weighted by Crippen LogP contribution is -2.24. The quantitative estimate of drug-likeness (QED) is 0.518. The lowest BCUT2D eigenvalue weighted by molar-refractivity contribution is 0.953. The first-order valence-corrected chi connectivity index (χ1v) is 6.75. The first kappa shape index (κ1) is 14.3. The monoisotopic (exact) mass is 286 g/mol. The van der Waals surface area contributed by atoms with Crippen molar-refractivity contribution in [2.75, 3.05) is 0 Å². The Labute approximate surface area is 124 Å². The first-order chi connectivity index (χ1) is 9.50. The molecule has 1 aromatic heterocycles. The highest BCUT2D eigenvalue weighted by Crippen LogP contribution is 2.22. The van der Waals surface area contributed by atoms with Crippen LogP contribution < -0.4 is 11.2 Å². The number of para-hydroxylation sites is 1. The van der Waals surface area contributed by atoms with Crippen LogP contribution in [-0.2, 0) is 0 Å². The van der Waals surface area contributed by atoms with E-state index in [2.05, 4.69) is 54.1 Å². The molecule has 0 spiro atoms. The van der Waals surface area contributed by atoms with Crippen LogP contribution in [0.3, 0.4) is 0 Å². The molecule has 1 aromatic carbocycles. The van der Waals surface area contributed by atoms with Crippen molar-refractivity contribution in [2.45, 2.75) is 20.8 Å². The molecule has 0 aliphatic rings. The van der Waals surface area contributed by atoms with Gasteiger partial charge in [0.2, 0.25) is 0 Å². The van der Waals surface area contributed by atoms with Gasteiger partial charge >= 0.3 is 0 Å². The first-order valence-electron chi connectivity index (χ1n) is 6.34. The van der Waals surface area contributed by atoms with Gasteiger partial charge in [-0.25, -0.2) is 0 Å². The van der Waals surface area contributed by atoms with Crippen molar-refractivity contribution in [3.05, 3.63) is 52.8 Å². The maximum atomic E-state index is 5.34. The van der Waals surface area contributed by atoms with E-state index in [4.69, 9.17) is 18.0 Å². The predicted molar refractivity (Wildman–Crippen MR) is 87.5 cm³/mol. The molecule has 0 saturated heterocycles. The molecule has 0 atom stereocenters. The van der Waals surface area contributed by atoms with E-state index in [1.807, 2.05) is 12.1 Å². The van der Waals surface area contributed by atoms with Crippen LogP contribution in [0.25, 0.3) is 5.69 Å². The van der Waals surface area contributed by atoms with Crippen LogP contribution in [0.4, 0.5) is 0 Å². The van der Waals surface area contributed by atoms with Crippen LogP contribution in [-0.4, -0.2) is 15.9 Å². The van der Waals surface area contributed by atoms with Crippen LogP contribution in [0.1, 0.15) is 22.5 Å². The van der Waals surface area contributed by atoms with Crippen molar-refractivity contribution >= 4 is 23.5 Å². The molecular formula is C15H18N4S. The molecule has 1 heterocycles. The number of nitrogens with one attached hydrogen (secondary N) is 1. The summed E-state index contributed by atoms with van der Waals surface area (Å²) in [6.45, 7) is 6.26. The topological polar surface area (TPSA) is 55.3 Å². The second kappa shape index (κ2) is 5.88. The molecule has 20 heavy (non-hydrogen) atoms. The number of rotatable bonds is 3.